The molecule has 0 fully saturated rings. The summed E-state index contributed by atoms with van der Waals surface area (Å²) in [5.74, 6) is 1.36. The summed E-state index contributed by atoms with van der Waals surface area (Å²) in [5.41, 5.74) is 1.29. The van der Waals surface area contributed by atoms with Crippen LogP contribution >= 0.6 is 0 Å². The van der Waals surface area contributed by atoms with Crippen molar-refractivity contribution in [3.05, 3.63) is 60.1 Å². The predicted molar refractivity (Wildman–Crippen MR) is 52.7 cm³/mol. The highest BCUT2D eigenvalue weighted by molar-refractivity contribution is 5.25. The normalized spacial score (nSPS) is 12.7. The summed E-state index contributed by atoms with van der Waals surface area (Å²) in [6.07, 6.45) is 1.72. The van der Waals surface area contributed by atoms with Gasteiger partial charge >= 0.3 is 0 Å². The second-order valence-corrected chi connectivity index (χ2v) is 3.15. The van der Waals surface area contributed by atoms with Gasteiger partial charge in [-0.2, -0.15) is 0 Å². The van der Waals surface area contributed by atoms with Gasteiger partial charge in [-0.1, -0.05) is 37.3 Å². The first-order chi connectivity index (χ1) is 6.38. The Labute approximate surface area is 78.0 Å². The van der Waals surface area contributed by atoms with Crippen molar-refractivity contribution in [2.24, 2.45) is 0 Å². The van der Waals surface area contributed by atoms with E-state index in [1.807, 2.05) is 18.2 Å². The molecule has 1 heterocycles. The van der Waals surface area contributed by atoms with Crippen molar-refractivity contribution in [2.75, 3.05) is 0 Å². The van der Waals surface area contributed by atoms with E-state index in [4.69, 9.17) is 4.42 Å². The molecule has 1 aromatic heterocycles. The van der Waals surface area contributed by atoms with E-state index < -0.39 is 0 Å². The van der Waals surface area contributed by atoms with Crippen molar-refractivity contribution < 1.29 is 4.42 Å². The molecular formula is C12H12O. The predicted octanol–water partition coefficient (Wildman–Crippen LogP) is 3.43. The summed E-state index contributed by atoms with van der Waals surface area (Å²) in [7, 11) is 0. The van der Waals surface area contributed by atoms with Crippen LogP contribution in [0.4, 0.5) is 0 Å². The van der Waals surface area contributed by atoms with Crippen LogP contribution in [0.3, 0.4) is 0 Å². The number of benzene rings is 1. The van der Waals surface area contributed by atoms with Gasteiger partial charge in [-0.25, -0.2) is 0 Å². The van der Waals surface area contributed by atoms with E-state index in [9.17, 15) is 0 Å². The topological polar surface area (TPSA) is 13.1 Å². The summed E-state index contributed by atoms with van der Waals surface area (Å²) in [5, 5.41) is 0. The van der Waals surface area contributed by atoms with Crippen molar-refractivity contribution >= 4 is 0 Å². The zero-order valence-corrected chi connectivity index (χ0v) is 7.60. The summed E-state index contributed by atoms with van der Waals surface area (Å²) in [6, 6.07) is 14.3. The van der Waals surface area contributed by atoms with Crippen molar-refractivity contribution in [3.8, 4) is 0 Å². The molecule has 0 saturated heterocycles. The lowest BCUT2D eigenvalue weighted by molar-refractivity contribution is 0.496. The van der Waals surface area contributed by atoms with E-state index in [0.29, 0.717) is 5.92 Å². The molecule has 0 aliphatic rings. The average molecular weight is 172 g/mol. The Morgan fingerprint density at radius 1 is 1.00 bits per heavy atom. The first-order valence-corrected chi connectivity index (χ1v) is 4.46. The molecular weight excluding hydrogens is 160 g/mol. The number of hydrogen-bond donors (Lipinski definition) is 0. The first kappa shape index (κ1) is 8.11. The minimum Gasteiger partial charge on any atom is -0.469 e. The molecule has 0 bridgehead atoms. The van der Waals surface area contributed by atoms with Gasteiger partial charge in [-0.3, -0.25) is 0 Å². The lowest BCUT2D eigenvalue weighted by Crippen LogP contribution is -1.92. The van der Waals surface area contributed by atoms with Crippen LogP contribution in [0.15, 0.2) is 53.1 Å². The SMILES string of the molecule is C[C@@H](c1ccccc1)c1ccco1. The Morgan fingerprint density at radius 2 is 1.77 bits per heavy atom. The molecule has 2 aromatic rings. The van der Waals surface area contributed by atoms with Gasteiger partial charge in [0.1, 0.15) is 5.76 Å². The lowest BCUT2D eigenvalue weighted by atomic mass is 9.99. The lowest BCUT2D eigenvalue weighted by Gasteiger charge is -2.07. The minimum atomic E-state index is 0.344. The van der Waals surface area contributed by atoms with Crippen LogP contribution in [-0.2, 0) is 0 Å². The number of furan rings is 1. The molecule has 0 unspecified atom stereocenters. The zero-order valence-electron chi connectivity index (χ0n) is 7.60. The van der Waals surface area contributed by atoms with Gasteiger partial charge in [0.2, 0.25) is 0 Å². The molecule has 0 N–H and O–H groups in total. The molecule has 66 valence electrons. The summed E-state index contributed by atoms with van der Waals surface area (Å²) in [6.45, 7) is 2.15. The highest BCUT2D eigenvalue weighted by atomic mass is 16.3. The fourth-order valence-electron chi connectivity index (χ4n) is 1.44. The van der Waals surface area contributed by atoms with Crippen molar-refractivity contribution in [1.82, 2.24) is 0 Å². The van der Waals surface area contributed by atoms with Crippen molar-refractivity contribution in [2.45, 2.75) is 12.8 Å². The van der Waals surface area contributed by atoms with Crippen LogP contribution < -0.4 is 0 Å². The third kappa shape index (κ3) is 1.64. The maximum Gasteiger partial charge on any atom is 0.110 e. The van der Waals surface area contributed by atoms with Crippen LogP contribution in [0.25, 0.3) is 0 Å². The summed E-state index contributed by atoms with van der Waals surface area (Å²) < 4.78 is 5.35. The molecule has 13 heavy (non-hydrogen) atoms. The number of hydrogen-bond acceptors (Lipinski definition) is 1. The van der Waals surface area contributed by atoms with Gasteiger partial charge < -0.3 is 4.42 Å². The van der Waals surface area contributed by atoms with E-state index >= 15 is 0 Å². The molecule has 0 amide bonds. The molecule has 0 aliphatic heterocycles. The second kappa shape index (κ2) is 3.48. The number of rotatable bonds is 2. The Kier molecular flexibility index (Phi) is 2.17. The Morgan fingerprint density at radius 3 is 2.38 bits per heavy atom. The molecule has 0 aliphatic carbocycles. The van der Waals surface area contributed by atoms with Crippen LogP contribution in [0.2, 0.25) is 0 Å². The highest BCUT2D eigenvalue weighted by Gasteiger charge is 2.09. The van der Waals surface area contributed by atoms with Crippen molar-refractivity contribution in [1.29, 1.82) is 0 Å². The second-order valence-electron chi connectivity index (χ2n) is 3.15. The Bertz CT molecular complexity index is 348. The molecule has 1 atom stereocenters. The van der Waals surface area contributed by atoms with Gasteiger partial charge in [0.25, 0.3) is 0 Å². The third-order valence-corrected chi connectivity index (χ3v) is 2.27. The molecule has 0 spiro atoms. The molecule has 1 aromatic carbocycles. The standard InChI is InChI=1S/C12H12O/c1-10(12-8-5-9-13-12)11-6-3-2-4-7-11/h2-10H,1H3/t10-/m0/s1. The maximum absolute atomic E-state index is 5.35. The van der Waals surface area contributed by atoms with Crippen LogP contribution in [0, 0.1) is 0 Å². The largest absolute Gasteiger partial charge is 0.469 e. The van der Waals surface area contributed by atoms with Crippen LogP contribution in [0.5, 0.6) is 0 Å². The molecule has 1 nitrogen and oxygen atoms in total. The van der Waals surface area contributed by atoms with Crippen LogP contribution in [-0.4, -0.2) is 0 Å². The van der Waals surface area contributed by atoms with Crippen molar-refractivity contribution in [3.63, 3.8) is 0 Å². The van der Waals surface area contributed by atoms with E-state index in [0.717, 1.165) is 5.76 Å². The van der Waals surface area contributed by atoms with E-state index in [1.54, 1.807) is 6.26 Å². The molecule has 0 saturated carbocycles. The van der Waals surface area contributed by atoms with Gasteiger partial charge in [0.05, 0.1) is 6.26 Å². The summed E-state index contributed by atoms with van der Waals surface area (Å²) >= 11 is 0. The maximum atomic E-state index is 5.35. The molecule has 0 radical (unpaired) electrons. The van der Waals surface area contributed by atoms with Gasteiger partial charge in [-0.05, 0) is 17.7 Å². The quantitative estimate of drug-likeness (QED) is 0.676. The van der Waals surface area contributed by atoms with E-state index in [-0.39, 0.29) is 0 Å². The smallest absolute Gasteiger partial charge is 0.110 e. The van der Waals surface area contributed by atoms with E-state index in [2.05, 4.69) is 31.2 Å². The Balaban J connectivity index is 2.29. The van der Waals surface area contributed by atoms with E-state index in [1.165, 1.54) is 5.56 Å². The summed E-state index contributed by atoms with van der Waals surface area (Å²) in [4.78, 5) is 0. The van der Waals surface area contributed by atoms with Gasteiger partial charge in [0, 0.05) is 5.92 Å². The average Bonchev–Trinajstić information content (AvgIpc) is 2.71. The zero-order chi connectivity index (χ0) is 9.10. The minimum absolute atomic E-state index is 0.344. The van der Waals surface area contributed by atoms with Gasteiger partial charge in [-0.15, -0.1) is 0 Å². The fraction of sp³-hybridized carbons (Fsp3) is 0.167. The molecule has 1 heteroatoms. The first-order valence-electron chi connectivity index (χ1n) is 4.46. The molecule has 2 rings (SSSR count). The van der Waals surface area contributed by atoms with Crippen LogP contribution in [0.1, 0.15) is 24.2 Å². The Hall–Kier alpha value is -1.50. The highest BCUT2D eigenvalue weighted by Crippen LogP contribution is 2.23. The monoisotopic (exact) mass is 172 g/mol. The third-order valence-electron chi connectivity index (χ3n) is 2.27. The van der Waals surface area contributed by atoms with Gasteiger partial charge in [0.15, 0.2) is 0 Å². The fourth-order valence-corrected chi connectivity index (χ4v) is 1.44.